The van der Waals surface area contributed by atoms with Gasteiger partial charge in [0.2, 0.25) is 0 Å². The van der Waals surface area contributed by atoms with Crippen molar-refractivity contribution in [2.45, 2.75) is 58.4 Å². The summed E-state index contributed by atoms with van der Waals surface area (Å²) in [6.45, 7) is 5.61. The highest BCUT2D eigenvalue weighted by Gasteiger charge is 2.26. The molecule has 1 unspecified atom stereocenters. The van der Waals surface area contributed by atoms with Crippen LogP contribution in [0.4, 0.5) is 0 Å². The van der Waals surface area contributed by atoms with Crippen molar-refractivity contribution in [3.8, 4) is 5.75 Å². The van der Waals surface area contributed by atoms with Gasteiger partial charge in [-0.3, -0.25) is 0 Å². The summed E-state index contributed by atoms with van der Waals surface area (Å²) in [4.78, 5) is 0. The van der Waals surface area contributed by atoms with Gasteiger partial charge in [0, 0.05) is 6.04 Å². The summed E-state index contributed by atoms with van der Waals surface area (Å²) >= 11 is 0. The van der Waals surface area contributed by atoms with Crippen LogP contribution >= 0.6 is 0 Å². The van der Waals surface area contributed by atoms with Gasteiger partial charge in [0.25, 0.3) is 0 Å². The maximum atomic E-state index is 5.35. The van der Waals surface area contributed by atoms with Crippen LogP contribution in [0, 0.1) is 11.8 Å². The second-order valence-electron chi connectivity index (χ2n) is 6.41. The fourth-order valence-electron chi connectivity index (χ4n) is 3.72. The Morgan fingerprint density at radius 1 is 1.19 bits per heavy atom. The average Bonchev–Trinajstić information content (AvgIpc) is 2.55. The van der Waals surface area contributed by atoms with Crippen molar-refractivity contribution < 1.29 is 4.74 Å². The van der Waals surface area contributed by atoms with Crippen molar-refractivity contribution >= 4 is 0 Å². The van der Waals surface area contributed by atoms with Crippen LogP contribution in [0.2, 0.25) is 0 Å². The second-order valence-corrected chi connectivity index (χ2v) is 6.41. The molecule has 1 N–H and O–H groups in total. The van der Waals surface area contributed by atoms with Gasteiger partial charge in [-0.05, 0) is 55.3 Å². The Morgan fingerprint density at radius 2 is 1.95 bits per heavy atom. The van der Waals surface area contributed by atoms with Crippen molar-refractivity contribution in [3.05, 3.63) is 29.8 Å². The first-order chi connectivity index (χ1) is 10.3. The smallest absolute Gasteiger partial charge is 0.119 e. The van der Waals surface area contributed by atoms with E-state index in [-0.39, 0.29) is 0 Å². The molecule has 2 heteroatoms. The standard InChI is InChI=1S/C19H31NO/c1-4-15-9-11-17(12-10-15)19(20-5-2)14-16-7-6-8-18(13-16)21-3/h6-8,13,15,17,19-20H,4-5,9-12,14H2,1-3H3. The van der Waals surface area contributed by atoms with E-state index < -0.39 is 0 Å². The number of rotatable bonds is 7. The van der Waals surface area contributed by atoms with E-state index >= 15 is 0 Å². The summed E-state index contributed by atoms with van der Waals surface area (Å²) in [6, 6.07) is 9.15. The molecule has 21 heavy (non-hydrogen) atoms. The molecule has 0 spiro atoms. The Kier molecular flexibility index (Phi) is 6.56. The third-order valence-electron chi connectivity index (χ3n) is 5.09. The van der Waals surface area contributed by atoms with Gasteiger partial charge in [0.05, 0.1) is 7.11 Å². The molecule has 0 saturated heterocycles. The number of methoxy groups -OCH3 is 1. The molecule has 0 heterocycles. The van der Waals surface area contributed by atoms with Crippen LogP contribution < -0.4 is 10.1 Å². The molecule has 0 amide bonds. The first-order valence-electron chi connectivity index (χ1n) is 8.63. The first-order valence-corrected chi connectivity index (χ1v) is 8.63. The molecule has 1 atom stereocenters. The van der Waals surface area contributed by atoms with Gasteiger partial charge < -0.3 is 10.1 Å². The maximum Gasteiger partial charge on any atom is 0.119 e. The number of nitrogens with one attached hydrogen (secondary N) is 1. The zero-order valence-corrected chi connectivity index (χ0v) is 13.9. The average molecular weight is 289 g/mol. The van der Waals surface area contributed by atoms with E-state index in [9.17, 15) is 0 Å². The molecule has 0 radical (unpaired) electrons. The predicted octanol–water partition coefficient (Wildman–Crippen LogP) is 4.43. The molecule has 1 aromatic rings. The van der Waals surface area contributed by atoms with Crippen LogP contribution in [0.1, 0.15) is 51.5 Å². The fourth-order valence-corrected chi connectivity index (χ4v) is 3.72. The molecule has 2 nitrogen and oxygen atoms in total. The lowest BCUT2D eigenvalue weighted by Gasteiger charge is -2.34. The number of hydrogen-bond donors (Lipinski definition) is 1. The topological polar surface area (TPSA) is 21.3 Å². The van der Waals surface area contributed by atoms with Gasteiger partial charge >= 0.3 is 0 Å². The van der Waals surface area contributed by atoms with Gasteiger partial charge in [0.15, 0.2) is 0 Å². The molecule has 1 aliphatic rings. The summed E-state index contributed by atoms with van der Waals surface area (Å²) in [5.41, 5.74) is 1.39. The minimum Gasteiger partial charge on any atom is -0.497 e. The van der Waals surface area contributed by atoms with Gasteiger partial charge in [0.1, 0.15) is 5.75 Å². The fraction of sp³-hybridized carbons (Fsp3) is 0.684. The van der Waals surface area contributed by atoms with Crippen LogP contribution in [0.25, 0.3) is 0 Å². The third kappa shape index (κ3) is 4.74. The molecule has 1 saturated carbocycles. The molecule has 1 aliphatic carbocycles. The van der Waals surface area contributed by atoms with E-state index in [1.165, 1.54) is 37.7 Å². The van der Waals surface area contributed by atoms with E-state index in [4.69, 9.17) is 4.74 Å². The van der Waals surface area contributed by atoms with E-state index in [2.05, 4.69) is 37.4 Å². The Morgan fingerprint density at radius 3 is 2.57 bits per heavy atom. The highest BCUT2D eigenvalue weighted by atomic mass is 16.5. The number of likely N-dealkylation sites (N-methyl/N-ethyl adjacent to an activating group) is 1. The maximum absolute atomic E-state index is 5.35. The SMILES string of the molecule is CCNC(Cc1cccc(OC)c1)C1CCC(CC)CC1. The molecule has 0 aromatic heterocycles. The van der Waals surface area contributed by atoms with Crippen LogP contribution in [-0.4, -0.2) is 19.7 Å². The molecule has 118 valence electrons. The second kappa shape index (κ2) is 8.43. The molecular formula is C19H31NO. The van der Waals surface area contributed by atoms with Gasteiger partial charge in [-0.25, -0.2) is 0 Å². The van der Waals surface area contributed by atoms with Crippen LogP contribution in [0.3, 0.4) is 0 Å². The number of hydrogen-bond acceptors (Lipinski definition) is 2. The molecule has 2 rings (SSSR count). The van der Waals surface area contributed by atoms with E-state index in [1.807, 2.05) is 6.07 Å². The lowest BCUT2D eigenvalue weighted by atomic mass is 9.76. The van der Waals surface area contributed by atoms with Crippen molar-refractivity contribution in [2.75, 3.05) is 13.7 Å². The van der Waals surface area contributed by atoms with E-state index in [0.717, 1.165) is 30.6 Å². The van der Waals surface area contributed by atoms with E-state index in [1.54, 1.807) is 7.11 Å². The van der Waals surface area contributed by atoms with Crippen LogP contribution in [0.5, 0.6) is 5.75 Å². The van der Waals surface area contributed by atoms with Crippen molar-refractivity contribution in [2.24, 2.45) is 11.8 Å². The van der Waals surface area contributed by atoms with Crippen LogP contribution in [0.15, 0.2) is 24.3 Å². The lowest BCUT2D eigenvalue weighted by molar-refractivity contribution is 0.218. The number of ether oxygens (including phenoxy) is 1. The Balaban J connectivity index is 1.98. The Labute approximate surface area is 130 Å². The zero-order valence-electron chi connectivity index (χ0n) is 13.9. The third-order valence-corrected chi connectivity index (χ3v) is 5.09. The minimum absolute atomic E-state index is 0.611. The van der Waals surface area contributed by atoms with Gasteiger partial charge in [-0.1, -0.05) is 45.2 Å². The largest absolute Gasteiger partial charge is 0.497 e. The van der Waals surface area contributed by atoms with Crippen molar-refractivity contribution in [1.82, 2.24) is 5.32 Å². The Hall–Kier alpha value is -1.02. The van der Waals surface area contributed by atoms with Crippen molar-refractivity contribution in [3.63, 3.8) is 0 Å². The summed E-state index contributed by atoms with van der Waals surface area (Å²) < 4.78 is 5.35. The van der Waals surface area contributed by atoms with Gasteiger partial charge in [-0.15, -0.1) is 0 Å². The predicted molar refractivity (Wildman–Crippen MR) is 89.9 cm³/mol. The lowest BCUT2D eigenvalue weighted by Crippen LogP contribution is -2.39. The number of benzene rings is 1. The quantitative estimate of drug-likeness (QED) is 0.801. The summed E-state index contributed by atoms with van der Waals surface area (Å²) in [6.07, 6.45) is 8.09. The first kappa shape index (κ1) is 16.4. The van der Waals surface area contributed by atoms with E-state index in [0.29, 0.717) is 6.04 Å². The normalized spacial score (nSPS) is 23.8. The highest BCUT2D eigenvalue weighted by molar-refractivity contribution is 5.29. The summed E-state index contributed by atoms with van der Waals surface area (Å²) in [7, 11) is 1.74. The minimum atomic E-state index is 0.611. The molecular weight excluding hydrogens is 258 g/mol. The monoisotopic (exact) mass is 289 g/mol. The molecule has 1 fully saturated rings. The van der Waals surface area contributed by atoms with Crippen molar-refractivity contribution in [1.29, 1.82) is 0 Å². The summed E-state index contributed by atoms with van der Waals surface area (Å²) in [5.74, 6) is 2.77. The highest BCUT2D eigenvalue weighted by Crippen LogP contribution is 2.33. The molecule has 0 aliphatic heterocycles. The molecule has 0 bridgehead atoms. The zero-order chi connectivity index (χ0) is 15.1. The molecule has 1 aromatic carbocycles. The Bertz CT molecular complexity index is 410. The van der Waals surface area contributed by atoms with Gasteiger partial charge in [-0.2, -0.15) is 0 Å². The van der Waals surface area contributed by atoms with Crippen LogP contribution in [-0.2, 0) is 6.42 Å². The summed E-state index contributed by atoms with van der Waals surface area (Å²) in [5, 5.41) is 3.73.